The van der Waals surface area contributed by atoms with Gasteiger partial charge in [-0.25, -0.2) is 4.68 Å². The number of amides is 1. The number of carbonyl (C=O) groups is 1. The highest BCUT2D eigenvalue weighted by Gasteiger charge is 2.18. The van der Waals surface area contributed by atoms with Crippen LogP contribution in [0.2, 0.25) is 0 Å². The van der Waals surface area contributed by atoms with Gasteiger partial charge in [0.25, 0.3) is 11.5 Å². The first-order valence-electron chi connectivity index (χ1n) is 9.91. The van der Waals surface area contributed by atoms with Crippen LogP contribution in [-0.2, 0) is 7.05 Å². The molecule has 1 N–H and O–H groups in total. The van der Waals surface area contributed by atoms with E-state index in [0.717, 1.165) is 30.7 Å². The number of nitrogens with zero attached hydrogens (tertiary/aromatic N) is 2. The average Bonchev–Trinajstić information content (AvgIpc) is 2.95. The Morgan fingerprint density at radius 1 is 1.03 bits per heavy atom. The lowest BCUT2D eigenvalue weighted by atomic mass is 10.2. The molecule has 0 atom stereocenters. The summed E-state index contributed by atoms with van der Waals surface area (Å²) in [6.07, 6.45) is 3.30. The van der Waals surface area contributed by atoms with E-state index in [-0.39, 0.29) is 17.2 Å². The Bertz CT molecular complexity index is 1020. The number of unbranched alkanes of at least 4 members (excludes halogenated alkanes) is 2. The van der Waals surface area contributed by atoms with Crippen LogP contribution in [-0.4, -0.2) is 21.9 Å². The quantitative estimate of drug-likeness (QED) is 0.580. The van der Waals surface area contributed by atoms with Gasteiger partial charge in [-0.1, -0.05) is 38.0 Å². The minimum Gasteiger partial charge on any atom is -0.494 e. The van der Waals surface area contributed by atoms with Crippen molar-refractivity contribution in [1.29, 1.82) is 0 Å². The highest BCUT2D eigenvalue weighted by Crippen LogP contribution is 2.17. The molecular formula is C23H27N3O3. The SMILES string of the molecule is CCCCCOc1ccc(C(=O)Nc2c(C)n(C)n(-c3ccccc3)c2=O)cc1. The van der Waals surface area contributed by atoms with E-state index < -0.39 is 0 Å². The molecule has 0 spiro atoms. The number of benzene rings is 2. The van der Waals surface area contributed by atoms with Crippen molar-refractivity contribution < 1.29 is 9.53 Å². The van der Waals surface area contributed by atoms with Crippen molar-refractivity contribution in [2.75, 3.05) is 11.9 Å². The predicted molar refractivity (Wildman–Crippen MR) is 115 cm³/mol. The molecule has 0 aliphatic heterocycles. The number of para-hydroxylation sites is 1. The first-order chi connectivity index (χ1) is 14.0. The third-order valence-electron chi connectivity index (χ3n) is 4.93. The first kappa shape index (κ1) is 20.5. The molecule has 0 unspecified atom stereocenters. The zero-order chi connectivity index (χ0) is 20.8. The van der Waals surface area contributed by atoms with Crippen molar-refractivity contribution in [1.82, 2.24) is 9.36 Å². The normalized spacial score (nSPS) is 10.7. The minimum absolute atomic E-state index is 0.263. The molecule has 0 radical (unpaired) electrons. The van der Waals surface area contributed by atoms with Crippen LogP contribution in [0.3, 0.4) is 0 Å². The second-order valence-corrected chi connectivity index (χ2v) is 6.97. The van der Waals surface area contributed by atoms with E-state index in [1.165, 1.54) is 4.68 Å². The van der Waals surface area contributed by atoms with Crippen molar-refractivity contribution in [3.05, 3.63) is 76.2 Å². The van der Waals surface area contributed by atoms with Crippen LogP contribution >= 0.6 is 0 Å². The molecule has 1 aromatic heterocycles. The smallest absolute Gasteiger partial charge is 0.295 e. The van der Waals surface area contributed by atoms with Gasteiger partial charge in [0.05, 0.1) is 18.0 Å². The number of anilines is 1. The summed E-state index contributed by atoms with van der Waals surface area (Å²) in [5, 5.41) is 2.77. The first-order valence-corrected chi connectivity index (χ1v) is 9.91. The van der Waals surface area contributed by atoms with Crippen molar-refractivity contribution in [2.24, 2.45) is 7.05 Å². The highest BCUT2D eigenvalue weighted by molar-refractivity contribution is 6.04. The molecule has 152 valence electrons. The maximum Gasteiger partial charge on any atom is 0.295 e. The molecule has 0 saturated heterocycles. The van der Waals surface area contributed by atoms with Gasteiger partial charge in [-0.05, 0) is 49.7 Å². The van der Waals surface area contributed by atoms with Gasteiger partial charge < -0.3 is 10.1 Å². The molecular weight excluding hydrogens is 366 g/mol. The molecule has 0 saturated carbocycles. The summed E-state index contributed by atoms with van der Waals surface area (Å²) >= 11 is 0. The fourth-order valence-corrected chi connectivity index (χ4v) is 3.14. The number of aromatic nitrogens is 2. The van der Waals surface area contributed by atoms with Gasteiger partial charge in [0.2, 0.25) is 0 Å². The molecule has 0 bridgehead atoms. The van der Waals surface area contributed by atoms with E-state index in [9.17, 15) is 9.59 Å². The zero-order valence-electron chi connectivity index (χ0n) is 17.1. The maximum absolute atomic E-state index is 12.9. The van der Waals surface area contributed by atoms with Crippen molar-refractivity contribution in [3.63, 3.8) is 0 Å². The van der Waals surface area contributed by atoms with E-state index in [0.29, 0.717) is 17.9 Å². The predicted octanol–water partition coefficient (Wildman–Crippen LogP) is 4.31. The van der Waals surface area contributed by atoms with Crippen molar-refractivity contribution >= 4 is 11.6 Å². The van der Waals surface area contributed by atoms with E-state index in [4.69, 9.17) is 4.74 Å². The van der Waals surface area contributed by atoms with Gasteiger partial charge in [0, 0.05) is 12.6 Å². The summed E-state index contributed by atoms with van der Waals surface area (Å²) < 4.78 is 8.96. The van der Waals surface area contributed by atoms with Gasteiger partial charge in [0.1, 0.15) is 11.4 Å². The topological polar surface area (TPSA) is 65.3 Å². The number of hydrogen-bond donors (Lipinski definition) is 1. The molecule has 2 aromatic carbocycles. The number of rotatable bonds is 8. The van der Waals surface area contributed by atoms with E-state index in [1.807, 2.05) is 37.3 Å². The summed E-state index contributed by atoms with van der Waals surface area (Å²) in [6.45, 7) is 4.63. The van der Waals surface area contributed by atoms with Gasteiger partial charge in [-0.2, -0.15) is 0 Å². The number of nitrogens with one attached hydrogen (secondary N) is 1. The molecule has 1 heterocycles. The minimum atomic E-state index is -0.325. The maximum atomic E-state index is 12.9. The molecule has 6 nitrogen and oxygen atoms in total. The zero-order valence-corrected chi connectivity index (χ0v) is 17.1. The Labute approximate surface area is 170 Å². The lowest BCUT2D eigenvalue weighted by Gasteiger charge is -2.07. The molecule has 1 amide bonds. The fraction of sp³-hybridized carbons (Fsp3) is 0.304. The highest BCUT2D eigenvalue weighted by atomic mass is 16.5. The standard InChI is InChI=1S/C23H27N3O3/c1-4-5-9-16-29-20-14-12-18(13-15-20)22(27)24-21-17(2)25(3)26(23(21)28)19-10-7-6-8-11-19/h6-8,10-15H,4-5,9,16H2,1-3H3,(H,24,27). The second-order valence-electron chi connectivity index (χ2n) is 6.97. The van der Waals surface area contributed by atoms with E-state index in [1.54, 1.807) is 36.0 Å². The number of ether oxygens (including phenoxy) is 1. The molecule has 0 aliphatic rings. The van der Waals surface area contributed by atoms with E-state index >= 15 is 0 Å². The number of hydrogen-bond acceptors (Lipinski definition) is 3. The molecule has 29 heavy (non-hydrogen) atoms. The summed E-state index contributed by atoms with van der Waals surface area (Å²) in [6, 6.07) is 16.3. The van der Waals surface area contributed by atoms with Crippen molar-refractivity contribution in [2.45, 2.75) is 33.1 Å². The fourth-order valence-electron chi connectivity index (χ4n) is 3.14. The van der Waals surface area contributed by atoms with Crippen LogP contribution in [0.1, 0.15) is 42.2 Å². The van der Waals surface area contributed by atoms with Crippen molar-refractivity contribution in [3.8, 4) is 11.4 Å². The summed E-state index contributed by atoms with van der Waals surface area (Å²) in [4.78, 5) is 25.6. The number of carbonyl (C=O) groups excluding carboxylic acids is 1. The van der Waals surface area contributed by atoms with Gasteiger partial charge in [0.15, 0.2) is 0 Å². The Kier molecular flexibility index (Phi) is 6.54. The van der Waals surface area contributed by atoms with Crippen LogP contribution in [0.15, 0.2) is 59.4 Å². The molecule has 3 aromatic rings. The summed E-state index contributed by atoms with van der Waals surface area (Å²) in [7, 11) is 1.80. The molecule has 3 rings (SSSR count). The largest absolute Gasteiger partial charge is 0.494 e. The Morgan fingerprint density at radius 3 is 2.38 bits per heavy atom. The van der Waals surface area contributed by atoms with Gasteiger partial charge >= 0.3 is 0 Å². The second kappa shape index (κ2) is 9.28. The Hall–Kier alpha value is -3.28. The lowest BCUT2D eigenvalue weighted by Crippen LogP contribution is -2.22. The molecule has 6 heteroatoms. The monoisotopic (exact) mass is 393 g/mol. The summed E-state index contributed by atoms with van der Waals surface area (Å²) in [5.74, 6) is 0.411. The summed E-state index contributed by atoms with van der Waals surface area (Å²) in [5.41, 5.74) is 1.91. The van der Waals surface area contributed by atoms with Crippen LogP contribution in [0.25, 0.3) is 5.69 Å². The lowest BCUT2D eigenvalue weighted by molar-refractivity contribution is 0.102. The van der Waals surface area contributed by atoms with Gasteiger partial charge in [-0.3, -0.25) is 14.3 Å². The van der Waals surface area contributed by atoms with Crippen LogP contribution in [0.5, 0.6) is 5.75 Å². The van der Waals surface area contributed by atoms with Crippen LogP contribution in [0, 0.1) is 6.92 Å². The van der Waals surface area contributed by atoms with Crippen LogP contribution < -0.4 is 15.6 Å². The Morgan fingerprint density at radius 2 is 1.72 bits per heavy atom. The van der Waals surface area contributed by atoms with E-state index in [2.05, 4.69) is 12.2 Å². The Balaban J connectivity index is 1.75. The molecule has 0 fully saturated rings. The average molecular weight is 393 g/mol. The van der Waals surface area contributed by atoms with Gasteiger partial charge in [-0.15, -0.1) is 0 Å². The third kappa shape index (κ3) is 4.59. The molecule has 0 aliphatic carbocycles. The third-order valence-corrected chi connectivity index (χ3v) is 4.93. The van der Waals surface area contributed by atoms with Crippen LogP contribution in [0.4, 0.5) is 5.69 Å².